The number of hydrogen-bond acceptors (Lipinski definition) is 4. The maximum absolute atomic E-state index is 8.91. The third-order valence-electron chi connectivity index (χ3n) is 2.18. The second-order valence-electron chi connectivity index (χ2n) is 3.06. The summed E-state index contributed by atoms with van der Waals surface area (Å²) in [7, 11) is 0. The molecule has 4 nitrogen and oxygen atoms in total. The van der Waals surface area contributed by atoms with Crippen molar-refractivity contribution in [2.75, 3.05) is 0 Å². The molecule has 1 unspecified atom stereocenters. The Labute approximate surface area is 91.8 Å². The zero-order chi connectivity index (χ0) is 10.8. The molecular weight excluding hydrogens is 214 g/mol. The zero-order valence-corrected chi connectivity index (χ0v) is 8.45. The number of nitrogens with zero attached hydrogens (tertiary/aromatic N) is 1. The topological polar surface area (TPSA) is 71.1 Å². The third kappa shape index (κ3) is 1.63. The van der Waals surface area contributed by atoms with Crippen molar-refractivity contribution >= 4 is 11.6 Å². The lowest BCUT2D eigenvalue weighted by molar-refractivity contribution is 0.114. The van der Waals surface area contributed by atoms with E-state index >= 15 is 0 Å². The summed E-state index contributed by atoms with van der Waals surface area (Å²) in [5.74, 6) is 0.0995. The largest absolute Gasteiger partial charge is 0.389 e. The van der Waals surface area contributed by atoms with Crippen LogP contribution in [0.15, 0.2) is 35.7 Å². The third-order valence-corrected chi connectivity index (χ3v) is 2.52. The standard InChI is InChI=1S/C10H8ClN3O/c11-8-4-2-1-3-6(8)9-7(5-12)10(13)15-14-9/h1-4,9,14H,13H2. The SMILES string of the molecule is N#CC1=C(N)ONC1c1ccccc1Cl. The highest BCUT2D eigenvalue weighted by Crippen LogP contribution is 2.31. The van der Waals surface area contributed by atoms with Crippen LogP contribution in [0.2, 0.25) is 5.02 Å². The van der Waals surface area contributed by atoms with Crippen LogP contribution in [0.4, 0.5) is 0 Å². The summed E-state index contributed by atoms with van der Waals surface area (Å²) in [5.41, 5.74) is 9.28. The van der Waals surface area contributed by atoms with E-state index in [1.165, 1.54) is 0 Å². The van der Waals surface area contributed by atoms with Crippen LogP contribution in [0, 0.1) is 11.3 Å². The van der Waals surface area contributed by atoms with Gasteiger partial charge in [0.1, 0.15) is 17.7 Å². The highest BCUT2D eigenvalue weighted by molar-refractivity contribution is 6.31. The Hall–Kier alpha value is -1.70. The summed E-state index contributed by atoms with van der Waals surface area (Å²) in [5, 5.41) is 9.48. The average molecular weight is 222 g/mol. The molecule has 0 aliphatic carbocycles. The molecule has 0 aromatic heterocycles. The smallest absolute Gasteiger partial charge is 0.225 e. The van der Waals surface area contributed by atoms with Crippen molar-refractivity contribution in [3.63, 3.8) is 0 Å². The summed E-state index contributed by atoms with van der Waals surface area (Å²) in [6, 6.07) is 8.84. The fourth-order valence-electron chi connectivity index (χ4n) is 1.43. The fraction of sp³-hybridized carbons (Fsp3) is 0.100. The summed E-state index contributed by atoms with van der Waals surface area (Å²) >= 11 is 6.01. The van der Waals surface area contributed by atoms with E-state index in [1.807, 2.05) is 24.3 Å². The second kappa shape index (κ2) is 3.81. The van der Waals surface area contributed by atoms with Gasteiger partial charge in [0, 0.05) is 5.02 Å². The zero-order valence-electron chi connectivity index (χ0n) is 7.70. The van der Waals surface area contributed by atoms with Crippen molar-refractivity contribution in [2.45, 2.75) is 6.04 Å². The molecule has 1 aliphatic heterocycles. The van der Waals surface area contributed by atoms with Crippen molar-refractivity contribution in [3.8, 4) is 6.07 Å². The first-order valence-electron chi connectivity index (χ1n) is 4.30. The van der Waals surface area contributed by atoms with E-state index in [9.17, 15) is 0 Å². The van der Waals surface area contributed by atoms with Crippen LogP contribution < -0.4 is 11.2 Å². The molecular formula is C10H8ClN3O. The molecule has 76 valence electrons. The quantitative estimate of drug-likeness (QED) is 0.756. The predicted molar refractivity (Wildman–Crippen MR) is 55.2 cm³/mol. The molecule has 1 aromatic rings. The lowest BCUT2D eigenvalue weighted by Gasteiger charge is -2.10. The first kappa shape index (κ1) is 9.84. The van der Waals surface area contributed by atoms with Gasteiger partial charge in [-0.05, 0) is 11.6 Å². The van der Waals surface area contributed by atoms with Gasteiger partial charge in [-0.25, -0.2) is 0 Å². The Morgan fingerprint density at radius 3 is 2.87 bits per heavy atom. The van der Waals surface area contributed by atoms with Crippen LogP contribution in [0.25, 0.3) is 0 Å². The van der Waals surface area contributed by atoms with E-state index < -0.39 is 0 Å². The Kier molecular flexibility index (Phi) is 2.50. The monoisotopic (exact) mass is 221 g/mol. The van der Waals surface area contributed by atoms with Crippen molar-refractivity contribution < 1.29 is 4.84 Å². The number of hydrogen-bond donors (Lipinski definition) is 2. The summed E-state index contributed by atoms with van der Waals surface area (Å²) < 4.78 is 0. The lowest BCUT2D eigenvalue weighted by atomic mass is 10.0. The van der Waals surface area contributed by atoms with Gasteiger partial charge in [-0.15, -0.1) is 5.48 Å². The van der Waals surface area contributed by atoms with E-state index in [2.05, 4.69) is 5.48 Å². The highest BCUT2D eigenvalue weighted by Gasteiger charge is 2.28. The maximum Gasteiger partial charge on any atom is 0.225 e. The minimum Gasteiger partial charge on any atom is -0.389 e. The summed E-state index contributed by atoms with van der Waals surface area (Å²) in [4.78, 5) is 4.90. The molecule has 0 fully saturated rings. The van der Waals surface area contributed by atoms with E-state index in [0.29, 0.717) is 10.6 Å². The van der Waals surface area contributed by atoms with Gasteiger partial charge < -0.3 is 10.6 Å². The molecule has 5 heteroatoms. The molecule has 0 spiro atoms. The van der Waals surface area contributed by atoms with E-state index in [-0.39, 0.29) is 11.9 Å². The molecule has 1 aromatic carbocycles. The van der Waals surface area contributed by atoms with Gasteiger partial charge in [-0.3, -0.25) is 0 Å². The molecule has 1 heterocycles. The number of benzene rings is 1. The van der Waals surface area contributed by atoms with Crippen LogP contribution in [-0.4, -0.2) is 0 Å². The van der Waals surface area contributed by atoms with Gasteiger partial charge in [0.2, 0.25) is 5.88 Å². The lowest BCUT2D eigenvalue weighted by Crippen LogP contribution is -2.15. The Bertz CT molecular complexity index is 464. The number of hydroxylamine groups is 1. The van der Waals surface area contributed by atoms with E-state index in [0.717, 1.165) is 5.56 Å². The second-order valence-corrected chi connectivity index (χ2v) is 3.47. The van der Waals surface area contributed by atoms with Crippen molar-refractivity contribution in [1.29, 1.82) is 5.26 Å². The highest BCUT2D eigenvalue weighted by atomic mass is 35.5. The summed E-state index contributed by atoms with van der Waals surface area (Å²) in [6.45, 7) is 0. The Morgan fingerprint density at radius 1 is 1.47 bits per heavy atom. The molecule has 1 atom stereocenters. The van der Waals surface area contributed by atoms with E-state index in [4.69, 9.17) is 27.4 Å². The molecule has 0 bridgehead atoms. The molecule has 2 rings (SSSR count). The van der Waals surface area contributed by atoms with Crippen LogP contribution >= 0.6 is 11.6 Å². The van der Waals surface area contributed by atoms with Crippen LogP contribution in [0.1, 0.15) is 11.6 Å². The predicted octanol–water partition coefficient (Wildman–Crippen LogP) is 1.61. The Balaban J connectivity index is 2.43. The van der Waals surface area contributed by atoms with Gasteiger partial charge in [-0.2, -0.15) is 5.26 Å². The van der Waals surface area contributed by atoms with Crippen molar-refractivity contribution in [2.24, 2.45) is 5.73 Å². The number of nitrogens with two attached hydrogens (primary N) is 1. The number of nitrogens with one attached hydrogen (secondary N) is 1. The molecule has 0 saturated carbocycles. The van der Waals surface area contributed by atoms with Gasteiger partial charge in [0.25, 0.3) is 0 Å². The molecule has 15 heavy (non-hydrogen) atoms. The molecule has 0 radical (unpaired) electrons. The summed E-state index contributed by atoms with van der Waals surface area (Å²) in [6.07, 6.45) is 0. The van der Waals surface area contributed by atoms with E-state index in [1.54, 1.807) is 6.07 Å². The van der Waals surface area contributed by atoms with Crippen LogP contribution in [0.5, 0.6) is 0 Å². The molecule has 1 aliphatic rings. The van der Waals surface area contributed by atoms with Gasteiger partial charge in [-0.1, -0.05) is 29.8 Å². The van der Waals surface area contributed by atoms with Crippen molar-refractivity contribution in [1.82, 2.24) is 5.48 Å². The van der Waals surface area contributed by atoms with Crippen LogP contribution in [-0.2, 0) is 4.84 Å². The normalized spacial score (nSPS) is 19.9. The number of nitriles is 1. The van der Waals surface area contributed by atoms with Gasteiger partial charge in [0.05, 0.1) is 0 Å². The first-order chi connectivity index (χ1) is 7.24. The average Bonchev–Trinajstić information content (AvgIpc) is 2.60. The number of halogens is 1. The minimum atomic E-state index is -0.385. The number of rotatable bonds is 1. The first-order valence-corrected chi connectivity index (χ1v) is 4.68. The van der Waals surface area contributed by atoms with Crippen LogP contribution in [0.3, 0.4) is 0 Å². The fourth-order valence-corrected chi connectivity index (χ4v) is 1.67. The molecule has 0 saturated heterocycles. The van der Waals surface area contributed by atoms with Gasteiger partial charge >= 0.3 is 0 Å². The maximum atomic E-state index is 8.91. The Morgan fingerprint density at radius 2 is 2.20 bits per heavy atom. The molecule has 3 N–H and O–H groups in total. The minimum absolute atomic E-state index is 0.0995. The van der Waals surface area contributed by atoms with Crippen molar-refractivity contribution in [3.05, 3.63) is 46.3 Å². The molecule has 0 amide bonds. The van der Waals surface area contributed by atoms with Gasteiger partial charge in [0.15, 0.2) is 0 Å².